The number of rotatable bonds is 4. The summed E-state index contributed by atoms with van der Waals surface area (Å²) < 4.78 is 62.8. The van der Waals surface area contributed by atoms with Gasteiger partial charge in [0.1, 0.15) is 0 Å². The first kappa shape index (κ1) is 20.3. The van der Waals surface area contributed by atoms with E-state index in [-0.39, 0.29) is 16.4 Å². The van der Waals surface area contributed by atoms with E-state index in [0.29, 0.717) is 39.1 Å². The number of hydrogen-bond acceptors (Lipinski definition) is 7. The largest absolute Gasteiger partial charge is 0.347 e. The first-order chi connectivity index (χ1) is 13.2. The van der Waals surface area contributed by atoms with Crippen molar-refractivity contribution in [3.05, 3.63) is 29.8 Å². The smallest absolute Gasteiger partial charge is 0.183 e. The predicted octanol–water partition coefficient (Wildman–Crippen LogP) is 1.03. The molecule has 4 rings (SSSR count). The van der Waals surface area contributed by atoms with Gasteiger partial charge in [-0.05, 0) is 24.1 Å². The van der Waals surface area contributed by atoms with Crippen LogP contribution in [0.5, 0.6) is 0 Å². The second kappa shape index (κ2) is 7.36. The Bertz CT molecular complexity index is 910. The van der Waals surface area contributed by atoms with E-state index in [2.05, 4.69) is 0 Å². The van der Waals surface area contributed by atoms with Crippen LogP contribution in [0.3, 0.4) is 0 Å². The second-order valence-corrected chi connectivity index (χ2v) is 12.2. The Kier molecular flexibility index (Phi) is 5.33. The highest BCUT2D eigenvalue weighted by Crippen LogP contribution is 2.35. The van der Waals surface area contributed by atoms with Gasteiger partial charge in [0.2, 0.25) is 0 Å². The van der Waals surface area contributed by atoms with E-state index in [4.69, 9.17) is 9.47 Å². The van der Waals surface area contributed by atoms with Crippen molar-refractivity contribution in [2.75, 3.05) is 37.8 Å². The van der Waals surface area contributed by atoms with Crippen LogP contribution < -0.4 is 0 Å². The quantitative estimate of drug-likeness (QED) is 0.706. The van der Waals surface area contributed by atoms with Crippen LogP contribution in [0.25, 0.3) is 0 Å². The SMILES string of the molecule is CCc1ccc(S(=O)(=O)[C@@H]2CS(=O)(=O)C[C@@H]2N2CCC3(CC2)OCCO3)cc1. The molecule has 1 aromatic rings. The number of ether oxygens (including phenoxy) is 2. The van der Waals surface area contributed by atoms with Crippen molar-refractivity contribution in [1.29, 1.82) is 0 Å². The van der Waals surface area contributed by atoms with Crippen molar-refractivity contribution in [3.63, 3.8) is 0 Å². The lowest BCUT2D eigenvalue weighted by Crippen LogP contribution is -2.53. The molecule has 3 saturated heterocycles. The molecule has 3 heterocycles. The fourth-order valence-electron chi connectivity index (χ4n) is 4.51. The average Bonchev–Trinajstić information content (AvgIpc) is 3.27. The standard InChI is InChI=1S/C19H27NO6S2/c1-2-15-3-5-16(6-4-15)28(23,24)18-14-27(21,22)13-17(18)20-9-7-19(8-10-20)25-11-12-26-19/h3-6,17-18H,2,7-14H2,1H3/t17-,18+/m0/s1. The molecule has 0 bridgehead atoms. The van der Waals surface area contributed by atoms with Gasteiger partial charge in [-0.2, -0.15) is 0 Å². The van der Waals surface area contributed by atoms with Gasteiger partial charge in [0.15, 0.2) is 25.5 Å². The fourth-order valence-corrected chi connectivity index (χ4v) is 9.34. The second-order valence-electron chi connectivity index (χ2n) is 7.87. The Morgan fingerprint density at radius 2 is 1.68 bits per heavy atom. The Morgan fingerprint density at radius 1 is 1.07 bits per heavy atom. The highest BCUT2D eigenvalue weighted by Gasteiger charge is 2.50. The van der Waals surface area contributed by atoms with Crippen LogP contribution >= 0.6 is 0 Å². The molecule has 156 valence electrons. The molecule has 1 aromatic carbocycles. The third-order valence-corrected chi connectivity index (χ3v) is 10.3. The lowest BCUT2D eigenvalue weighted by atomic mass is 10.0. The molecule has 0 amide bonds. The van der Waals surface area contributed by atoms with Crippen LogP contribution in [0.4, 0.5) is 0 Å². The van der Waals surface area contributed by atoms with E-state index in [1.165, 1.54) is 0 Å². The Morgan fingerprint density at radius 3 is 2.25 bits per heavy atom. The minimum Gasteiger partial charge on any atom is -0.347 e. The van der Waals surface area contributed by atoms with Crippen LogP contribution in [0.2, 0.25) is 0 Å². The van der Waals surface area contributed by atoms with E-state index < -0.39 is 36.8 Å². The van der Waals surface area contributed by atoms with Crippen molar-refractivity contribution in [2.24, 2.45) is 0 Å². The minimum absolute atomic E-state index is 0.112. The number of aryl methyl sites for hydroxylation is 1. The monoisotopic (exact) mass is 429 g/mol. The number of piperidine rings is 1. The molecule has 9 heteroatoms. The predicted molar refractivity (Wildman–Crippen MR) is 105 cm³/mol. The minimum atomic E-state index is -3.74. The lowest BCUT2D eigenvalue weighted by Gasteiger charge is -2.41. The van der Waals surface area contributed by atoms with Crippen molar-refractivity contribution in [1.82, 2.24) is 4.90 Å². The highest BCUT2D eigenvalue weighted by atomic mass is 32.2. The third kappa shape index (κ3) is 3.75. The van der Waals surface area contributed by atoms with Gasteiger partial charge in [-0.25, -0.2) is 16.8 Å². The Balaban J connectivity index is 1.57. The van der Waals surface area contributed by atoms with Crippen molar-refractivity contribution < 1.29 is 26.3 Å². The fraction of sp³-hybridized carbons (Fsp3) is 0.684. The van der Waals surface area contributed by atoms with Gasteiger partial charge in [0.25, 0.3) is 0 Å². The zero-order chi connectivity index (χ0) is 20.0. The van der Waals surface area contributed by atoms with Crippen molar-refractivity contribution in [2.45, 2.75) is 48.2 Å². The molecule has 7 nitrogen and oxygen atoms in total. The van der Waals surface area contributed by atoms with Gasteiger partial charge in [-0.15, -0.1) is 0 Å². The molecule has 28 heavy (non-hydrogen) atoms. The van der Waals surface area contributed by atoms with E-state index in [1.54, 1.807) is 24.3 Å². The zero-order valence-electron chi connectivity index (χ0n) is 16.0. The molecular formula is C19H27NO6S2. The zero-order valence-corrected chi connectivity index (χ0v) is 17.7. The Hall–Kier alpha value is -1.00. The molecular weight excluding hydrogens is 402 g/mol. The third-order valence-electron chi connectivity index (χ3n) is 6.17. The molecule has 1 spiro atoms. The van der Waals surface area contributed by atoms with Crippen LogP contribution in [0.1, 0.15) is 25.3 Å². The lowest BCUT2D eigenvalue weighted by molar-refractivity contribution is -0.187. The van der Waals surface area contributed by atoms with Crippen LogP contribution in [0.15, 0.2) is 29.2 Å². The number of likely N-dealkylation sites (tertiary alicyclic amines) is 1. The molecule has 3 aliphatic rings. The molecule has 0 radical (unpaired) electrons. The van der Waals surface area contributed by atoms with Crippen molar-refractivity contribution >= 4 is 19.7 Å². The topological polar surface area (TPSA) is 90.0 Å². The summed E-state index contributed by atoms with van der Waals surface area (Å²) in [6, 6.07) is 6.26. The number of benzene rings is 1. The maximum atomic E-state index is 13.3. The molecule has 3 aliphatic heterocycles. The number of hydrogen-bond donors (Lipinski definition) is 0. The summed E-state index contributed by atoms with van der Waals surface area (Å²) in [6.07, 6.45) is 2.07. The Labute approximate surface area is 166 Å². The van der Waals surface area contributed by atoms with Crippen LogP contribution in [-0.2, 0) is 35.6 Å². The summed E-state index contributed by atoms with van der Waals surface area (Å²) in [7, 11) is -7.15. The van der Waals surface area contributed by atoms with Gasteiger partial charge in [-0.1, -0.05) is 19.1 Å². The van der Waals surface area contributed by atoms with Gasteiger partial charge in [0, 0.05) is 32.0 Å². The summed E-state index contributed by atoms with van der Waals surface area (Å²) in [5.41, 5.74) is 1.05. The van der Waals surface area contributed by atoms with Gasteiger partial charge >= 0.3 is 0 Å². The van der Waals surface area contributed by atoms with Gasteiger partial charge < -0.3 is 9.47 Å². The summed E-state index contributed by atoms with van der Waals surface area (Å²) in [4.78, 5) is 2.21. The van der Waals surface area contributed by atoms with E-state index >= 15 is 0 Å². The summed E-state index contributed by atoms with van der Waals surface area (Å²) in [5.74, 6) is -0.999. The molecule has 0 N–H and O–H groups in total. The first-order valence-electron chi connectivity index (χ1n) is 9.80. The molecule has 2 atom stereocenters. The first-order valence-corrected chi connectivity index (χ1v) is 13.2. The molecule has 0 aromatic heterocycles. The molecule has 0 unspecified atom stereocenters. The normalized spacial score (nSPS) is 30.0. The summed E-state index contributed by atoms with van der Waals surface area (Å²) in [6.45, 7) is 4.29. The summed E-state index contributed by atoms with van der Waals surface area (Å²) in [5, 5.41) is -0.940. The van der Waals surface area contributed by atoms with Gasteiger partial charge in [-0.3, -0.25) is 4.90 Å². The van der Waals surface area contributed by atoms with Crippen LogP contribution in [0, 0.1) is 0 Å². The average molecular weight is 430 g/mol. The molecule has 3 fully saturated rings. The summed E-state index contributed by atoms with van der Waals surface area (Å²) >= 11 is 0. The van der Waals surface area contributed by atoms with Crippen molar-refractivity contribution in [3.8, 4) is 0 Å². The van der Waals surface area contributed by atoms with Gasteiger partial charge in [0.05, 0.1) is 34.9 Å². The highest BCUT2D eigenvalue weighted by molar-refractivity contribution is 7.96. The number of nitrogens with zero attached hydrogens (tertiary/aromatic N) is 1. The molecule has 0 saturated carbocycles. The maximum Gasteiger partial charge on any atom is 0.183 e. The molecule has 0 aliphatic carbocycles. The van der Waals surface area contributed by atoms with Crippen LogP contribution in [-0.4, -0.2) is 76.6 Å². The maximum absolute atomic E-state index is 13.3. The number of sulfone groups is 2. The van der Waals surface area contributed by atoms with E-state index in [1.807, 2.05) is 11.8 Å². The van der Waals surface area contributed by atoms with E-state index in [9.17, 15) is 16.8 Å². The van der Waals surface area contributed by atoms with E-state index in [0.717, 1.165) is 12.0 Å².